The highest BCUT2D eigenvalue weighted by atomic mass is 19.4. The van der Waals surface area contributed by atoms with Gasteiger partial charge in [-0.05, 0) is 13.8 Å². The quantitative estimate of drug-likeness (QED) is 0.823. The molecule has 0 aliphatic heterocycles. The van der Waals surface area contributed by atoms with Gasteiger partial charge in [-0.25, -0.2) is 4.98 Å². The van der Waals surface area contributed by atoms with Gasteiger partial charge < -0.3 is 9.88 Å². The summed E-state index contributed by atoms with van der Waals surface area (Å²) in [5.74, 6) is 0.266. The summed E-state index contributed by atoms with van der Waals surface area (Å²) in [7, 11) is 0. The number of nitrogens with one attached hydrogen (secondary N) is 1. The number of hydrogen-bond acceptors (Lipinski definition) is 2. The van der Waals surface area contributed by atoms with Gasteiger partial charge in [0, 0.05) is 12.7 Å². The van der Waals surface area contributed by atoms with Crippen LogP contribution in [0.4, 0.5) is 19.1 Å². The van der Waals surface area contributed by atoms with Crippen LogP contribution in [0, 0.1) is 6.92 Å². The standard InChI is InChI=1S/C8H12F3N3/c1-3-14-4-6(2)13-7(14)12-5-8(9,10)11/h4H,3,5H2,1-2H3,(H,12,13). The summed E-state index contributed by atoms with van der Waals surface area (Å²) in [6.07, 6.45) is -2.50. The van der Waals surface area contributed by atoms with E-state index in [9.17, 15) is 13.2 Å². The molecule has 3 nitrogen and oxygen atoms in total. The molecule has 80 valence electrons. The smallest absolute Gasteiger partial charge is 0.347 e. The molecule has 0 saturated heterocycles. The second kappa shape index (κ2) is 3.89. The molecule has 6 heteroatoms. The Balaban J connectivity index is 2.66. The molecule has 0 aromatic carbocycles. The maximum Gasteiger partial charge on any atom is 0.405 e. The number of alkyl halides is 3. The van der Waals surface area contributed by atoms with Crippen molar-refractivity contribution in [2.45, 2.75) is 26.6 Å². The van der Waals surface area contributed by atoms with Gasteiger partial charge in [0.15, 0.2) is 0 Å². The van der Waals surface area contributed by atoms with Crippen LogP contribution in [0.3, 0.4) is 0 Å². The predicted molar refractivity (Wildman–Crippen MR) is 47.2 cm³/mol. The lowest BCUT2D eigenvalue weighted by atomic mass is 10.6. The van der Waals surface area contributed by atoms with Gasteiger partial charge in [0.05, 0.1) is 5.69 Å². The first-order valence-corrected chi connectivity index (χ1v) is 4.27. The molecule has 0 atom stereocenters. The van der Waals surface area contributed by atoms with E-state index in [1.807, 2.05) is 6.92 Å². The third-order valence-corrected chi connectivity index (χ3v) is 1.68. The summed E-state index contributed by atoms with van der Waals surface area (Å²) in [6.45, 7) is 3.13. The Hall–Kier alpha value is -1.20. The summed E-state index contributed by atoms with van der Waals surface area (Å²) in [6, 6.07) is 0. The summed E-state index contributed by atoms with van der Waals surface area (Å²) in [5.41, 5.74) is 0.705. The highest BCUT2D eigenvalue weighted by Gasteiger charge is 2.27. The van der Waals surface area contributed by atoms with Crippen LogP contribution in [-0.4, -0.2) is 22.3 Å². The van der Waals surface area contributed by atoms with Crippen molar-refractivity contribution in [1.82, 2.24) is 9.55 Å². The van der Waals surface area contributed by atoms with Crippen LogP contribution < -0.4 is 5.32 Å². The fourth-order valence-corrected chi connectivity index (χ4v) is 1.11. The van der Waals surface area contributed by atoms with Crippen molar-refractivity contribution in [2.24, 2.45) is 0 Å². The van der Waals surface area contributed by atoms with Crippen molar-refractivity contribution in [3.63, 3.8) is 0 Å². The lowest BCUT2D eigenvalue weighted by Crippen LogP contribution is -2.23. The van der Waals surface area contributed by atoms with Crippen molar-refractivity contribution in [1.29, 1.82) is 0 Å². The molecule has 1 aromatic heterocycles. The molecular formula is C8H12F3N3. The zero-order chi connectivity index (χ0) is 10.8. The minimum Gasteiger partial charge on any atom is -0.347 e. The average molecular weight is 207 g/mol. The maximum atomic E-state index is 11.9. The number of nitrogens with zero attached hydrogens (tertiary/aromatic N) is 2. The number of anilines is 1. The highest BCUT2D eigenvalue weighted by molar-refractivity contribution is 5.28. The van der Waals surface area contributed by atoms with E-state index in [-0.39, 0.29) is 5.95 Å². The first-order valence-electron chi connectivity index (χ1n) is 4.27. The summed E-state index contributed by atoms with van der Waals surface area (Å²) >= 11 is 0. The molecule has 0 bridgehead atoms. The van der Waals surface area contributed by atoms with Crippen molar-refractivity contribution in [3.8, 4) is 0 Å². The Kier molecular flexibility index (Phi) is 3.03. The van der Waals surface area contributed by atoms with Crippen LogP contribution in [0.15, 0.2) is 6.20 Å². The van der Waals surface area contributed by atoms with Gasteiger partial charge in [-0.15, -0.1) is 0 Å². The zero-order valence-corrected chi connectivity index (χ0v) is 8.02. The number of halogens is 3. The Morgan fingerprint density at radius 2 is 2.14 bits per heavy atom. The van der Waals surface area contributed by atoms with Gasteiger partial charge in [-0.1, -0.05) is 0 Å². The van der Waals surface area contributed by atoms with Crippen LogP contribution in [0.25, 0.3) is 0 Å². The van der Waals surface area contributed by atoms with Crippen molar-refractivity contribution >= 4 is 5.95 Å². The Morgan fingerprint density at radius 1 is 1.50 bits per heavy atom. The third-order valence-electron chi connectivity index (χ3n) is 1.68. The van der Waals surface area contributed by atoms with Gasteiger partial charge >= 0.3 is 6.18 Å². The van der Waals surface area contributed by atoms with E-state index in [0.29, 0.717) is 12.2 Å². The molecule has 1 heterocycles. The SMILES string of the molecule is CCn1cc(C)nc1NCC(F)(F)F. The molecule has 0 aliphatic rings. The van der Waals surface area contributed by atoms with E-state index in [1.165, 1.54) is 0 Å². The molecule has 1 aromatic rings. The van der Waals surface area contributed by atoms with E-state index in [0.717, 1.165) is 0 Å². The average Bonchev–Trinajstić information content (AvgIpc) is 2.41. The molecule has 1 rings (SSSR count). The fourth-order valence-electron chi connectivity index (χ4n) is 1.11. The second-order valence-electron chi connectivity index (χ2n) is 2.96. The van der Waals surface area contributed by atoms with E-state index in [4.69, 9.17) is 0 Å². The normalized spacial score (nSPS) is 11.8. The van der Waals surface area contributed by atoms with Crippen LogP contribution in [0.1, 0.15) is 12.6 Å². The topological polar surface area (TPSA) is 29.9 Å². The highest BCUT2D eigenvalue weighted by Crippen LogP contribution is 2.16. The van der Waals surface area contributed by atoms with E-state index < -0.39 is 12.7 Å². The van der Waals surface area contributed by atoms with E-state index in [1.54, 1.807) is 17.7 Å². The summed E-state index contributed by atoms with van der Waals surface area (Å²) in [5, 5.41) is 2.25. The van der Waals surface area contributed by atoms with Gasteiger partial charge in [-0.3, -0.25) is 0 Å². The number of hydrogen-bond donors (Lipinski definition) is 1. The molecule has 14 heavy (non-hydrogen) atoms. The van der Waals surface area contributed by atoms with Crippen LogP contribution >= 0.6 is 0 Å². The van der Waals surface area contributed by atoms with Crippen LogP contribution in [0.5, 0.6) is 0 Å². The number of aromatic nitrogens is 2. The summed E-state index contributed by atoms with van der Waals surface area (Å²) < 4.78 is 37.3. The Labute approximate surface area is 79.9 Å². The van der Waals surface area contributed by atoms with Crippen molar-refractivity contribution < 1.29 is 13.2 Å². The predicted octanol–water partition coefficient (Wildman–Crippen LogP) is 2.19. The number of aryl methyl sites for hydroxylation is 2. The summed E-state index contributed by atoms with van der Waals surface area (Å²) in [4.78, 5) is 3.94. The van der Waals surface area contributed by atoms with E-state index in [2.05, 4.69) is 10.3 Å². The monoisotopic (exact) mass is 207 g/mol. The molecular weight excluding hydrogens is 195 g/mol. The van der Waals surface area contributed by atoms with Gasteiger partial charge in [-0.2, -0.15) is 13.2 Å². The molecule has 1 N–H and O–H groups in total. The largest absolute Gasteiger partial charge is 0.405 e. The van der Waals surface area contributed by atoms with Crippen molar-refractivity contribution in [3.05, 3.63) is 11.9 Å². The molecule has 0 unspecified atom stereocenters. The third kappa shape index (κ3) is 2.93. The molecule has 0 fully saturated rings. The second-order valence-corrected chi connectivity index (χ2v) is 2.96. The van der Waals surface area contributed by atoms with Crippen LogP contribution in [-0.2, 0) is 6.54 Å². The number of rotatable bonds is 3. The lowest BCUT2D eigenvalue weighted by molar-refractivity contribution is -0.115. The molecule has 0 saturated carbocycles. The molecule has 0 amide bonds. The first-order chi connectivity index (χ1) is 6.42. The fraction of sp³-hybridized carbons (Fsp3) is 0.625. The zero-order valence-electron chi connectivity index (χ0n) is 8.02. The molecule has 0 aliphatic carbocycles. The van der Waals surface area contributed by atoms with Gasteiger partial charge in [0.2, 0.25) is 5.95 Å². The van der Waals surface area contributed by atoms with Crippen molar-refractivity contribution in [2.75, 3.05) is 11.9 Å². The Bertz CT molecular complexity index is 303. The van der Waals surface area contributed by atoms with E-state index >= 15 is 0 Å². The van der Waals surface area contributed by atoms with Crippen LogP contribution in [0.2, 0.25) is 0 Å². The molecule has 0 spiro atoms. The van der Waals surface area contributed by atoms with Gasteiger partial charge in [0.1, 0.15) is 6.54 Å². The number of imidazole rings is 1. The van der Waals surface area contributed by atoms with Gasteiger partial charge in [0.25, 0.3) is 0 Å². The first kappa shape index (κ1) is 10.9. The lowest BCUT2D eigenvalue weighted by Gasteiger charge is -2.09. The minimum atomic E-state index is -4.21. The Morgan fingerprint density at radius 3 is 2.64 bits per heavy atom. The minimum absolute atomic E-state index is 0.266. The molecule has 0 radical (unpaired) electrons. The maximum absolute atomic E-state index is 11.9.